The van der Waals surface area contributed by atoms with Crippen molar-refractivity contribution in [3.8, 4) is 6.07 Å². The second-order valence-electron chi connectivity index (χ2n) is 6.47. The summed E-state index contributed by atoms with van der Waals surface area (Å²) in [4.78, 5) is 13.1. The van der Waals surface area contributed by atoms with Crippen molar-refractivity contribution >= 4 is 5.88 Å². The van der Waals surface area contributed by atoms with Gasteiger partial charge in [0.05, 0.1) is 6.04 Å². The average molecular weight is 328 g/mol. The minimum absolute atomic E-state index is 0.0838. The second-order valence-corrected chi connectivity index (χ2v) is 6.47. The zero-order chi connectivity index (χ0) is 16.7. The third-order valence-corrected chi connectivity index (χ3v) is 4.71. The van der Waals surface area contributed by atoms with Crippen molar-refractivity contribution in [3.63, 3.8) is 0 Å². The number of anilines is 1. The lowest BCUT2D eigenvalue weighted by molar-refractivity contribution is 0.162. The maximum absolute atomic E-state index is 9.32. The fourth-order valence-electron chi connectivity index (χ4n) is 3.07. The predicted octanol–water partition coefficient (Wildman–Crippen LogP) is 2.00. The summed E-state index contributed by atoms with van der Waals surface area (Å²) in [6.45, 7) is 7.14. The molecule has 0 unspecified atom stereocenters. The molecule has 126 valence electrons. The molecule has 2 aliphatic rings. The van der Waals surface area contributed by atoms with Crippen molar-refractivity contribution < 1.29 is 8.94 Å². The average Bonchev–Trinajstić information content (AvgIpc) is 3.22. The Morgan fingerprint density at radius 3 is 2.54 bits per heavy atom. The summed E-state index contributed by atoms with van der Waals surface area (Å²) in [6, 6.07) is 2.25. The smallest absolute Gasteiger partial charge is 0.243 e. The van der Waals surface area contributed by atoms with Crippen molar-refractivity contribution in [2.45, 2.75) is 38.6 Å². The number of hydrogen-bond donors (Lipinski definition) is 0. The van der Waals surface area contributed by atoms with Gasteiger partial charge in [0.15, 0.2) is 5.82 Å². The largest absolute Gasteiger partial charge is 0.423 e. The van der Waals surface area contributed by atoms with Crippen LogP contribution in [0.3, 0.4) is 0 Å². The number of nitriles is 1. The first-order valence-electron chi connectivity index (χ1n) is 8.35. The fourth-order valence-corrected chi connectivity index (χ4v) is 3.07. The van der Waals surface area contributed by atoms with Gasteiger partial charge in [-0.1, -0.05) is 5.16 Å². The summed E-state index contributed by atoms with van der Waals surface area (Å²) in [6.07, 6.45) is 2.22. The van der Waals surface area contributed by atoms with Crippen LogP contribution in [0.1, 0.15) is 55.0 Å². The minimum Gasteiger partial charge on any atom is -0.423 e. The van der Waals surface area contributed by atoms with Gasteiger partial charge in [-0.25, -0.2) is 4.98 Å². The Balaban J connectivity index is 1.43. The number of aryl methyl sites for hydroxylation is 1. The Bertz CT molecular complexity index is 764. The van der Waals surface area contributed by atoms with Crippen LogP contribution in [0, 0.1) is 18.3 Å². The summed E-state index contributed by atoms with van der Waals surface area (Å²) in [7, 11) is 0. The lowest BCUT2D eigenvalue weighted by Crippen LogP contribution is -2.47. The fraction of sp³-hybridized carbons (Fsp3) is 0.625. The molecule has 0 spiro atoms. The molecule has 2 aromatic heterocycles. The Kier molecular flexibility index (Phi) is 3.73. The molecule has 1 saturated carbocycles. The van der Waals surface area contributed by atoms with E-state index in [9.17, 15) is 5.26 Å². The van der Waals surface area contributed by atoms with Gasteiger partial charge in [0, 0.05) is 32.1 Å². The highest BCUT2D eigenvalue weighted by Crippen LogP contribution is 2.41. The van der Waals surface area contributed by atoms with Crippen molar-refractivity contribution in [1.82, 2.24) is 20.0 Å². The number of hydrogen-bond acceptors (Lipinski definition) is 8. The number of oxazole rings is 1. The molecule has 1 saturated heterocycles. The molecule has 0 radical (unpaired) electrons. The number of aromatic nitrogens is 3. The highest BCUT2D eigenvalue weighted by molar-refractivity contribution is 5.48. The van der Waals surface area contributed by atoms with E-state index < -0.39 is 0 Å². The summed E-state index contributed by atoms with van der Waals surface area (Å²) >= 11 is 0. The van der Waals surface area contributed by atoms with Crippen LogP contribution in [0.15, 0.2) is 8.94 Å². The monoisotopic (exact) mass is 328 g/mol. The molecule has 0 N–H and O–H groups in total. The molecule has 2 fully saturated rings. The highest BCUT2D eigenvalue weighted by atomic mass is 16.5. The summed E-state index contributed by atoms with van der Waals surface area (Å²) in [5.41, 5.74) is 0.408. The molecule has 0 bridgehead atoms. The molecule has 0 amide bonds. The molecule has 2 aromatic rings. The van der Waals surface area contributed by atoms with Gasteiger partial charge in [-0.05, 0) is 26.7 Å². The highest BCUT2D eigenvalue weighted by Gasteiger charge is 2.33. The van der Waals surface area contributed by atoms with Crippen LogP contribution < -0.4 is 4.90 Å². The zero-order valence-electron chi connectivity index (χ0n) is 13.9. The Labute approximate surface area is 140 Å². The lowest BCUT2D eigenvalue weighted by Gasteiger charge is -2.36. The summed E-state index contributed by atoms with van der Waals surface area (Å²) < 4.78 is 11.2. The number of piperazine rings is 1. The lowest BCUT2D eigenvalue weighted by atomic mass is 10.2. The topological polar surface area (TPSA) is 95.2 Å². The van der Waals surface area contributed by atoms with Crippen LogP contribution >= 0.6 is 0 Å². The van der Waals surface area contributed by atoms with E-state index in [2.05, 4.69) is 37.9 Å². The van der Waals surface area contributed by atoms with Gasteiger partial charge in [0.2, 0.25) is 23.4 Å². The van der Waals surface area contributed by atoms with E-state index in [1.165, 1.54) is 0 Å². The van der Waals surface area contributed by atoms with Gasteiger partial charge >= 0.3 is 0 Å². The molecule has 1 aliphatic carbocycles. The SMILES string of the molecule is Cc1noc([C@H](C)N2CCN(c3oc(C4CC4)nc3C#N)CC2)n1. The van der Waals surface area contributed by atoms with E-state index >= 15 is 0 Å². The van der Waals surface area contributed by atoms with E-state index in [1.54, 1.807) is 0 Å². The summed E-state index contributed by atoms with van der Waals surface area (Å²) in [5.74, 6) is 3.06. The molecule has 0 aromatic carbocycles. The first-order chi connectivity index (χ1) is 11.7. The first-order valence-corrected chi connectivity index (χ1v) is 8.35. The number of nitrogens with zero attached hydrogens (tertiary/aromatic N) is 6. The van der Waals surface area contributed by atoms with Gasteiger partial charge in [-0.3, -0.25) is 4.90 Å². The first kappa shape index (κ1) is 15.1. The van der Waals surface area contributed by atoms with Crippen molar-refractivity contribution in [3.05, 3.63) is 23.3 Å². The molecule has 8 nitrogen and oxygen atoms in total. The quantitative estimate of drug-likeness (QED) is 0.841. The van der Waals surface area contributed by atoms with Crippen LogP contribution in [-0.2, 0) is 0 Å². The predicted molar refractivity (Wildman–Crippen MR) is 84.4 cm³/mol. The summed E-state index contributed by atoms with van der Waals surface area (Å²) in [5, 5.41) is 13.2. The number of rotatable bonds is 4. The van der Waals surface area contributed by atoms with E-state index in [0.717, 1.165) is 44.9 Å². The Hall–Kier alpha value is -2.40. The van der Waals surface area contributed by atoms with Crippen LogP contribution in [-0.4, -0.2) is 46.2 Å². The second kappa shape index (κ2) is 5.91. The Morgan fingerprint density at radius 1 is 1.21 bits per heavy atom. The van der Waals surface area contributed by atoms with E-state index in [1.807, 2.05) is 6.92 Å². The van der Waals surface area contributed by atoms with E-state index in [-0.39, 0.29) is 6.04 Å². The van der Waals surface area contributed by atoms with Crippen LogP contribution in [0.5, 0.6) is 0 Å². The van der Waals surface area contributed by atoms with E-state index in [4.69, 9.17) is 8.94 Å². The third-order valence-electron chi connectivity index (χ3n) is 4.71. The molecule has 3 heterocycles. The van der Waals surface area contributed by atoms with Crippen molar-refractivity contribution in [2.75, 3.05) is 31.1 Å². The van der Waals surface area contributed by atoms with Gasteiger partial charge < -0.3 is 13.8 Å². The normalized spacial score (nSPS) is 20.1. The van der Waals surface area contributed by atoms with Crippen LogP contribution in [0.4, 0.5) is 5.88 Å². The molecular weight excluding hydrogens is 308 g/mol. The molecular formula is C16H20N6O2. The molecule has 4 rings (SSSR count). The molecule has 8 heteroatoms. The minimum atomic E-state index is 0.0838. The van der Waals surface area contributed by atoms with Gasteiger partial charge in [0.25, 0.3) is 0 Å². The van der Waals surface area contributed by atoms with Crippen molar-refractivity contribution in [1.29, 1.82) is 5.26 Å². The molecule has 1 atom stereocenters. The molecule has 1 aliphatic heterocycles. The van der Waals surface area contributed by atoms with Gasteiger partial charge in [0.1, 0.15) is 6.07 Å². The van der Waals surface area contributed by atoms with E-state index in [0.29, 0.717) is 29.2 Å². The standard InChI is InChI=1S/C16H20N6O2/c1-10(14-18-11(2)20-24-14)21-5-7-22(8-6-21)16-13(9-17)19-15(23-16)12-3-4-12/h10,12H,3-8H2,1-2H3/t10-/m0/s1. The maximum Gasteiger partial charge on any atom is 0.243 e. The van der Waals surface area contributed by atoms with Crippen LogP contribution in [0.25, 0.3) is 0 Å². The van der Waals surface area contributed by atoms with Gasteiger partial charge in [-0.2, -0.15) is 10.2 Å². The maximum atomic E-state index is 9.32. The van der Waals surface area contributed by atoms with Crippen molar-refractivity contribution in [2.24, 2.45) is 0 Å². The third kappa shape index (κ3) is 2.76. The zero-order valence-corrected chi connectivity index (χ0v) is 13.9. The van der Waals surface area contributed by atoms with Crippen LogP contribution in [0.2, 0.25) is 0 Å². The Morgan fingerprint density at radius 2 is 1.96 bits per heavy atom. The molecule has 24 heavy (non-hydrogen) atoms. The van der Waals surface area contributed by atoms with Gasteiger partial charge in [-0.15, -0.1) is 0 Å².